The molecule has 0 N–H and O–H groups in total. The predicted octanol–water partition coefficient (Wildman–Crippen LogP) is 2.11. The predicted molar refractivity (Wildman–Crippen MR) is 48.3 cm³/mol. The molecule has 3 heteroatoms. The van der Waals surface area contributed by atoms with Crippen molar-refractivity contribution in [2.75, 3.05) is 19.0 Å². The van der Waals surface area contributed by atoms with Gasteiger partial charge in [-0.3, -0.25) is 0 Å². The van der Waals surface area contributed by atoms with Crippen molar-refractivity contribution in [1.82, 2.24) is 4.98 Å². The fraction of sp³-hybridized carbons (Fsp3) is 0.375. The summed E-state index contributed by atoms with van der Waals surface area (Å²) >= 11 is 5.98. The van der Waals surface area contributed by atoms with Crippen LogP contribution in [0.4, 0.5) is 5.82 Å². The number of halogens is 1. The molecule has 0 aromatic carbocycles. The van der Waals surface area contributed by atoms with Crippen molar-refractivity contribution >= 4 is 17.4 Å². The Morgan fingerprint density at radius 3 is 2.55 bits per heavy atom. The minimum Gasteiger partial charge on any atom is -0.362 e. The summed E-state index contributed by atoms with van der Waals surface area (Å²) in [5, 5.41) is 0.734. The monoisotopic (exact) mass is 170 g/mol. The molecule has 0 aliphatic rings. The minimum atomic E-state index is 0.734. The van der Waals surface area contributed by atoms with Crippen molar-refractivity contribution in [2.45, 2.75) is 6.92 Å². The number of rotatable bonds is 1. The highest BCUT2D eigenvalue weighted by Gasteiger charge is 2.04. The highest BCUT2D eigenvalue weighted by atomic mass is 35.5. The number of hydrogen-bond donors (Lipinski definition) is 0. The Hall–Kier alpha value is -0.760. The zero-order valence-electron chi connectivity index (χ0n) is 6.93. The quantitative estimate of drug-likeness (QED) is 0.642. The summed E-state index contributed by atoms with van der Waals surface area (Å²) in [5.74, 6) is 0.826. The average molecular weight is 171 g/mol. The van der Waals surface area contributed by atoms with Gasteiger partial charge in [0, 0.05) is 20.3 Å². The van der Waals surface area contributed by atoms with Crippen LogP contribution in [-0.4, -0.2) is 19.1 Å². The van der Waals surface area contributed by atoms with Crippen LogP contribution >= 0.6 is 11.6 Å². The third-order valence-electron chi connectivity index (χ3n) is 1.49. The number of aromatic nitrogens is 1. The molecule has 0 unspecified atom stereocenters. The summed E-state index contributed by atoms with van der Waals surface area (Å²) in [6, 6.07) is 1.90. The van der Waals surface area contributed by atoms with Crippen LogP contribution in [0.15, 0.2) is 12.3 Å². The summed E-state index contributed by atoms with van der Waals surface area (Å²) in [4.78, 5) is 6.03. The molecule has 0 saturated heterocycles. The van der Waals surface area contributed by atoms with Gasteiger partial charge in [0.2, 0.25) is 0 Å². The van der Waals surface area contributed by atoms with E-state index in [1.54, 1.807) is 6.20 Å². The van der Waals surface area contributed by atoms with Gasteiger partial charge < -0.3 is 4.90 Å². The Bertz CT molecular complexity index is 258. The summed E-state index contributed by atoms with van der Waals surface area (Å²) in [5.41, 5.74) is 1.06. The first-order chi connectivity index (χ1) is 5.13. The van der Waals surface area contributed by atoms with Crippen LogP contribution < -0.4 is 4.90 Å². The molecule has 0 aliphatic carbocycles. The second kappa shape index (κ2) is 3.09. The lowest BCUT2D eigenvalue weighted by Crippen LogP contribution is -2.11. The maximum atomic E-state index is 5.98. The maximum absolute atomic E-state index is 5.98. The van der Waals surface area contributed by atoms with E-state index in [4.69, 9.17) is 11.6 Å². The molecule has 0 aliphatic heterocycles. The molecule has 0 amide bonds. The van der Waals surface area contributed by atoms with E-state index in [9.17, 15) is 0 Å². The first-order valence-corrected chi connectivity index (χ1v) is 3.79. The van der Waals surface area contributed by atoms with Crippen LogP contribution in [0.3, 0.4) is 0 Å². The fourth-order valence-corrected chi connectivity index (χ4v) is 1.12. The molecular formula is C8H11ClN2. The van der Waals surface area contributed by atoms with Crippen molar-refractivity contribution in [2.24, 2.45) is 0 Å². The highest BCUT2D eigenvalue weighted by molar-refractivity contribution is 6.33. The Kier molecular flexibility index (Phi) is 2.35. The maximum Gasteiger partial charge on any atom is 0.147 e. The van der Waals surface area contributed by atoms with Crippen molar-refractivity contribution < 1.29 is 0 Å². The van der Waals surface area contributed by atoms with Gasteiger partial charge >= 0.3 is 0 Å². The third-order valence-corrected chi connectivity index (χ3v) is 1.95. The third kappa shape index (κ3) is 1.63. The van der Waals surface area contributed by atoms with Crippen molar-refractivity contribution in [1.29, 1.82) is 0 Å². The normalized spacial score (nSPS) is 9.82. The van der Waals surface area contributed by atoms with Gasteiger partial charge in [-0.15, -0.1) is 0 Å². The summed E-state index contributed by atoms with van der Waals surface area (Å²) in [6.07, 6.45) is 1.76. The molecule has 0 fully saturated rings. The van der Waals surface area contributed by atoms with E-state index >= 15 is 0 Å². The standard InChI is InChI=1S/C8H11ClN2/c1-6-4-5-10-8(7(6)9)11(2)3/h4-5H,1-3H3. The van der Waals surface area contributed by atoms with Gasteiger partial charge in [0.15, 0.2) is 0 Å². The van der Waals surface area contributed by atoms with Gasteiger partial charge in [-0.05, 0) is 18.6 Å². The van der Waals surface area contributed by atoms with Crippen LogP contribution in [0.2, 0.25) is 5.02 Å². The smallest absolute Gasteiger partial charge is 0.147 e. The van der Waals surface area contributed by atoms with Crippen LogP contribution in [0.5, 0.6) is 0 Å². The van der Waals surface area contributed by atoms with E-state index < -0.39 is 0 Å². The lowest BCUT2D eigenvalue weighted by Gasteiger charge is -2.13. The number of nitrogens with zero attached hydrogens (tertiary/aromatic N) is 2. The van der Waals surface area contributed by atoms with Gasteiger partial charge in [0.1, 0.15) is 5.82 Å². The second-order valence-electron chi connectivity index (χ2n) is 2.66. The zero-order valence-corrected chi connectivity index (χ0v) is 7.68. The van der Waals surface area contributed by atoms with Gasteiger partial charge in [-0.2, -0.15) is 0 Å². The van der Waals surface area contributed by atoms with Crippen LogP contribution in [0, 0.1) is 6.92 Å². The highest BCUT2D eigenvalue weighted by Crippen LogP contribution is 2.23. The van der Waals surface area contributed by atoms with E-state index in [0.717, 1.165) is 16.4 Å². The summed E-state index contributed by atoms with van der Waals surface area (Å²) < 4.78 is 0. The number of pyridine rings is 1. The molecule has 1 heterocycles. The summed E-state index contributed by atoms with van der Waals surface area (Å²) in [6.45, 7) is 1.97. The molecule has 0 saturated carbocycles. The Labute approximate surface area is 71.8 Å². The lowest BCUT2D eigenvalue weighted by molar-refractivity contribution is 1.06. The van der Waals surface area contributed by atoms with E-state index in [1.807, 2.05) is 32.0 Å². The van der Waals surface area contributed by atoms with Crippen LogP contribution in [-0.2, 0) is 0 Å². The molecule has 1 aromatic rings. The number of aryl methyl sites for hydroxylation is 1. The topological polar surface area (TPSA) is 16.1 Å². The van der Waals surface area contributed by atoms with E-state index in [1.165, 1.54) is 0 Å². The molecule has 0 bridgehead atoms. The first-order valence-electron chi connectivity index (χ1n) is 3.41. The first kappa shape index (κ1) is 8.34. The lowest BCUT2D eigenvalue weighted by atomic mass is 10.3. The van der Waals surface area contributed by atoms with E-state index in [0.29, 0.717) is 0 Å². The van der Waals surface area contributed by atoms with Gasteiger partial charge in [-0.25, -0.2) is 4.98 Å². The Morgan fingerprint density at radius 2 is 2.09 bits per heavy atom. The second-order valence-corrected chi connectivity index (χ2v) is 3.04. The Morgan fingerprint density at radius 1 is 1.45 bits per heavy atom. The fourth-order valence-electron chi connectivity index (χ4n) is 0.838. The van der Waals surface area contributed by atoms with Crippen molar-refractivity contribution in [3.8, 4) is 0 Å². The van der Waals surface area contributed by atoms with Crippen molar-refractivity contribution in [3.05, 3.63) is 22.8 Å². The van der Waals surface area contributed by atoms with Gasteiger partial charge in [0.25, 0.3) is 0 Å². The molecule has 11 heavy (non-hydrogen) atoms. The molecular weight excluding hydrogens is 160 g/mol. The van der Waals surface area contributed by atoms with E-state index in [-0.39, 0.29) is 0 Å². The molecule has 1 rings (SSSR count). The molecule has 60 valence electrons. The Balaban J connectivity index is 3.17. The molecule has 2 nitrogen and oxygen atoms in total. The zero-order chi connectivity index (χ0) is 8.43. The van der Waals surface area contributed by atoms with Gasteiger partial charge in [0.05, 0.1) is 5.02 Å². The SMILES string of the molecule is Cc1ccnc(N(C)C)c1Cl. The average Bonchev–Trinajstić information content (AvgIpc) is 1.94. The van der Waals surface area contributed by atoms with Crippen molar-refractivity contribution in [3.63, 3.8) is 0 Å². The van der Waals surface area contributed by atoms with Crippen LogP contribution in [0.25, 0.3) is 0 Å². The van der Waals surface area contributed by atoms with Crippen LogP contribution in [0.1, 0.15) is 5.56 Å². The molecule has 0 atom stereocenters. The number of anilines is 1. The summed E-state index contributed by atoms with van der Waals surface area (Å²) in [7, 11) is 3.85. The molecule has 0 radical (unpaired) electrons. The number of hydrogen-bond acceptors (Lipinski definition) is 2. The largest absolute Gasteiger partial charge is 0.362 e. The minimum absolute atomic E-state index is 0.734. The molecule has 0 spiro atoms. The molecule has 1 aromatic heterocycles. The van der Waals surface area contributed by atoms with Gasteiger partial charge in [-0.1, -0.05) is 11.6 Å². The van der Waals surface area contributed by atoms with E-state index in [2.05, 4.69) is 4.98 Å².